The normalized spacial score (nSPS) is 15.1. The van der Waals surface area contributed by atoms with E-state index >= 15 is 0 Å². The zero-order valence-corrected chi connectivity index (χ0v) is 10.5. The summed E-state index contributed by atoms with van der Waals surface area (Å²) >= 11 is 19.5. The summed E-state index contributed by atoms with van der Waals surface area (Å²) in [5.41, 5.74) is 1.32. The van der Waals surface area contributed by atoms with Gasteiger partial charge in [-0.2, -0.15) is 0 Å². The molecule has 1 aromatic rings. The van der Waals surface area contributed by atoms with Crippen LogP contribution in [0, 0.1) is 0 Å². The van der Waals surface area contributed by atoms with Gasteiger partial charge in [0.25, 0.3) is 0 Å². The summed E-state index contributed by atoms with van der Waals surface area (Å²) in [4.78, 5) is 11.6. The van der Waals surface area contributed by atoms with Crippen LogP contribution in [-0.2, 0) is 4.79 Å². The molecule has 15 heavy (non-hydrogen) atoms. The van der Waals surface area contributed by atoms with Crippen molar-refractivity contribution in [2.75, 3.05) is 5.75 Å². The highest BCUT2D eigenvalue weighted by atomic mass is 35.5. The van der Waals surface area contributed by atoms with Crippen LogP contribution in [-0.4, -0.2) is 12.0 Å². The van der Waals surface area contributed by atoms with Crippen molar-refractivity contribution in [2.45, 2.75) is 4.90 Å². The highest BCUT2D eigenvalue weighted by Crippen LogP contribution is 2.43. The van der Waals surface area contributed by atoms with Gasteiger partial charge in [0.15, 0.2) is 0 Å². The number of hydrogen-bond acceptors (Lipinski definition) is 2. The highest BCUT2D eigenvalue weighted by molar-refractivity contribution is 7.99. The molecular formula is C10H5Cl3OS. The molecule has 0 N–H and O–H groups in total. The second kappa shape index (κ2) is 4.38. The van der Waals surface area contributed by atoms with E-state index in [4.69, 9.17) is 34.8 Å². The van der Waals surface area contributed by atoms with Crippen LogP contribution in [0.4, 0.5) is 0 Å². The number of thioether (sulfide) groups is 1. The molecule has 0 bridgehead atoms. The van der Waals surface area contributed by atoms with Crippen molar-refractivity contribution >= 4 is 57.9 Å². The average Bonchev–Trinajstić information content (AvgIpc) is 2.19. The van der Waals surface area contributed by atoms with E-state index in [0.29, 0.717) is 26.4 Å². The van der Waals surface area contributed by atoms with Gasteiger partial charge >= 0.3 is 0 Å². The van der Waals surface area contributed by atoms with E-state index in [1.165, 1.54) is 11.8 Å². The fraction of sp³-hybridized carbons (Fsp3) is 0.100. The molecule has 0 fully saturated rings. The van der Waals surface area contributed by atoms with E-state index in [0.717, 1.165) is 16.7 Å². The largest absolute Gasteiger partial charge is 0.298 e. The Hall–Kier alpha value is -0.150. The van der Waals surface area contributed by atoms with E-state index in [2.05, 4.69) is 0 Å². The smallest absolute Gasteiger partial charge is 0.148 e. The van der Waals surface area contributed by atoms with E-state index in [1.54, 1.807) is 12.1 Å². The van der Waals surface area contributed by atoms with Crippen molar-refractivity contribution in [3.63, 3.8) is 0 Å². The zero-order chi connectivity index (χ0) is 11.0. The molecule has 1 heterocycles. The van der Waals surface area contributed by atoms with Crippen LogP contribution in [0.15, 0.2) is 22.6 Å². The fourth-order valence-corrected chi connectivity index (χ4v) is 3.42. The molecule has 1 aromatic carbocycles. The summed E-state index contributed by atoms with van der Waals surface area (Å²) in [6.07, 6.45) is 0.771. The third-order valence-corrected chi connectivity index (χ3v) is 4.30. The summed E-state index contributed by atoms with van der Waals surface area (Å²) in [5, 5.41) is 1.54. The van der Waals surface area contributed by atoms with Crippen LogP contribution >= 0.6 is 46.6 Å². The SMILES string of the molecule is O=CC1=C(Cl)c2cc(Cl)cc(Cl)c2SC1. The number of carbonyl (C=O) groups is 1. The Kier molecular flexibility index (Phi) is 3.31. The molecule has 2 rings (SSSR count). The Labute approximate surface area is 106 Å². The van der Waals surface area contributed by atoms with E-state index < -0.39 is 0 Å². The topological polar surface area (TPSA) is 17.1 Å². The lowest BCUT2D eigenvalue weighted by atomic mass is 10.1. The first-order valence-electron chi connectivity index (χ1n) is 4.09. The van der Waals surface area contributed by atoms with Gasteiger partial charge in [0.05, 0.1) is 10.1 Å². The minimum atomic E-state index is 0.447. The van der Waals surface area contributed by atoms with E-state index in [1.807, 2.05) is 0 Å². The van der Waals surface area contributed by atoms with Crippen LogP contribution in [0.2, 0.25) is 10.0 Å². The molecule has 0 radical (unpaired) electrons. The van der Waals surface area contributed by atoms with Gasteiger partial charge < -0.3 is 0 Å². The number of benzene rings is 1. The Balaban J connectivity index is 2.67. The zero-order valence-electron chi connectivity index (χ0n) is 7.39. The first-order valence-corrected chi connectivity index (χ1v) is 6.21. The highest BCUT2D eigenvalue weighted by Gasteiger charge is 2.20. The number of carbonyl (C=O) groups excluding carboxylic acids is 1. The van der Waals surface area contributed by atoms with Crippen molar-refractivity contribution in [1.29, 1.82) is 0 Å². The van der Waals surface area contributed by atoms with Gasteiger partial charge in [0, 0.05) is 26.8 Å². The van der Waals surface area contributed by atoms with Crippen LogP contribution in [0.25, 0.3) is 5.03 Å². The molecule has 1 aliphatic heterocycles. The molecule has 0 atom stereocenters. The standard InChI is InChI=1S/C10H5Cl3OS/c11-6-1-7-9(13)5(3-14)4-15-10(7)8(12)2-6/h1-3H,4H2. The fourth-order valence-electron chi connectivity index (χ4n) is 1.34. The summed E-state index contributed by atoms with van der Waals surface area (Å²) in [6.45, 7) is 0. The van der Waals surface area contributed by atoms with Gasteiger partial charge in [-0.3, -0.25) is 4.79 Å². The first kappa shape index (κ1) is 11.3. The van der Waals surface area contributed by atoms with E-state index in [-0.39, 0.29) is 0 Å². The third-order valence-electron chi connectivity index (χ3n) is 2.04. The number of halogens is 3. The van der Waals surface area contributed by atoms with Gasteiger partial charge in [-0.1, -0.05) is 34.8 Å². The maximum atomic E-state index is 10.7. The van der Waals surface area contributed by atoms with Gasteiger partial charge in [0.2, 0.25) is 0 Å². The summed E-state index contributed by atoms with van der Waals surface area (Å²) in [6, 6.07) is 3.39. The lowest BCUT2D eigenvalue weighted by Gasteiger charge is -2.17. The van der Waals surface area contributed by atoms with E-state index in [9.17, 15) is 4.79 Å². The molecule has 5 heteroatoms. The number of fused-ring (bicyclic) bond motifs is 1. The molecule has 1 nitrogen and oxygen atoms in total. The average molecular weight is 280 g/mol. The van der Waals surface area contributed by atoms with Crippen molar-refractivity contribution in [2.24, 2.45) is 0 Å². The van der Waals surface area contributed by atoms with Crippen molar-refractivity contribution < 1.29 is 4.79 Å². The minimum Gasteiger partial charge on any atom is -0.298 e. The molecule has 0 spiro atoms. The first-order chi connectivity index (χ1) is 7.13. The van der Waals surface area contributed by atoms with Crippen molar-refractivity contribution in [1.82, 2.24) is 0 Å². The van der Waals surface area contributed by atoms with Gasteiger partial charge in [-0.05, 0) is 12.1 Å². The number of rotatable bonds is 1. The maximum Gasteiger partial charge on any atom is 0.148 e. The maximum absolute atomic E-state index is 10.7. The molecule has 1 aliphatic rings. The Bertz CT molecular complexity index is 468. The Morgan fingerprint density at radius 2 is 2.00 bits per heavy atom. The van der Waals surface area contributed by atoms with Crippen molar-refractivity contribution in [3.8, 4) is 0 Å². The second-order valence-corrected chi connectivity index (χ2v) is 5.22. The van der Waals surface area contributed by atoms with Gasteiger partial charge in [-0.15, -0.1) is 11.8 Å². The molecule has 0 amide bonds. The van der Waals surface area contributed by atoms with Crippen LogP contribution in [0.5, 0.6) is 0 Å². The second-order valence-electron chi connectivity index (χ2n) is 3.01. The molecule has 0 aliphatic carbocycles. The molecule has 0 saturated heterocycles. The Morgan fingerprint density at radius 1 is 1.27 bits per heavy atom. The predicted molar refractivity (Wildman–Crippen MR) is 66.0 cm³/mol. The van der Waals surface area contributed by atoms with Crippen LogP contribution < -0.4 is 0 Å². The summed E-state index contributed by atoms with van der Waals surface area (Å²) in [5.74, 6) is 0.552. The molecule has 0 aromatic heterocycles. The molecule has 78 valence electrons. The summed E-state index contributed by atoms with van der Waals surface area (Å²) < 4.78 is 0. The van der Waals surface area contributed by atoms with Crippen LogP contribution in [0.1, 0.15) is 5.56 Å². The monoisotopic (exact) mass is 278 g/mol. The lowest BCUT2D eigenvalue weighted by Crippen LogP contribution is -2.01. The quantitative estimate of drug-likeness (QED) is 0.715. The van der Waals surface area contributed by atoms with Gasteiger partial charge in [-0.25, -0.2) is 0 Å². The molecular weight excluding hydrogens is 275 g/mol. The Morgan fingerprint density at radius 3 is 2.67 bits per heavy atom. The van der Waals surface area contributed by atoms with Crippen molar-refractivity contribution in [3.05, 3.63) is 33.3 Å². The lowest BCUT2D eigenvalue weighted by molar-refractivity contribution is -0.104. The third kappa shape index (κ3) is 2.04. The predicted octanol–water partition coefficient (Wildman–Crippen LogP) is 4.25. The van der Waals surface area contributed by atoms with Gasteiger partial charge in [0.1, 0.15) is 6.29 Å². The number of aldehydes is 1. The minimum absolute atomic E-state index is 0.447. The molecule has 0 saturated carbocycles. The van der Waals surface area contributed by atoms with Crippen LogP contribution in [0.3, 0.4) is 0 Å². The molecule has 0 unspecified atom stereocenters. The summed E-state index contributed by atoms with van der Waals surface area (Å²) in [7, 11) is 0. The number of hydrogen-bond donors (Lipinski definition) is 0.